The van der Waals surface area contributed by atoms with Gasteiger partial charge in [0.25, 0.3) is 0 Å². The summed E-state index contributed by atoms with van der Waals surface area (Å²) in [7, 11) is -3.42. The van der Waals surface area contributed by atoms with Crippen LogP contribution in [0.15, 0.2) is 30.3 Å². The number of nitrogens with zero attached hydrogens (tertiary/aromatic N) is 1. The van der Waals surface area contributed by atoms with Crippen LogP contribution in [0.1, 0.15) is 18.4 Å². The van der Waals surface area contributed by atoms with Gasteiger partial charge in [-0.25, -0.2) is 13.6 Å². The molecule has 102 valence electrons. The van der Waals surface area contributed by atoms with Gasteiger partial charge in [0, 0.05) is 12.6 Å². The predicted molar refractivity (Wildman–Crippen MR) is 72.7 cm³/mol. The lowest BCUT2D eigenvalue weighted by Gasteiger charge is -2.43. The van der Waals surface area contributed by atoms with Crippen molar-refractivity contribution < 1.29 is 8.42 Å². The topological polar surface area (TPSA) is 96.0 Å². The normalized spacial score (nSPS) is 26.4. The predicted octanol–water partition coefficient (Wildman–Crippen LogP) is 0.488. The van der Waals surface area contributed by atoms with E-state index in [2.05, 4.69) is 11.4 Å². The molecule has 1 fully saturated rings. The highest BCUT2D eigenvalue weighted by Gasteiger charge is 2.45. The van der Waals surface area contributed by atoms with Crippen LogP contribution in [0.4, 0.5) is 0 Å². The zero-order chi connectivity index (χ0) is 13.9. The van der Waals surface area contributed by atoms with Crippen molar-refractivity contribution in [2.24, 2.45) is 5.14 Å². The summed E-state index contributed by atoms with van der Waals surface area (Å²) in [6, 6.07) is 12.3. The Kier molecular flexibility index (Phi) is 3.90. The average Bonchev–Trinajstić information content (AvgIpc) is 2.32. The van der Waals surface area contributed by atoms with Crippen LogP contribution < -0.4 is 10.5 Å². The van der Waals surface area contributed by atoms with Crippen LogP contribution in [0, 0.1) is 11.3 Å². The Morgan fingerprint density at radius 1 is 1.37 bits per heavy atom. The Balaban J connectivity index is 1.89. The number of hydrogen-bond donors (Lipinski definition) is 2. The molecule has 0 unspecified atom stereocenters. The molecule has 3 N–H and O–H groups in total. The van der Waals surface area contributed by atoms with Gasteiger partial charge in [0.2, 0.25) is 10.0 Å². The zero-order valence-electron chi connectivity index (χ0n) is 10.5. The fourth-order valence-corrected chi connectivity index (χ4v) is 2.88. The van der Waals surface area contributed by atoms with Crippen molar-refractivity contribution in [2.45, 2.75) is 24.3 Å². The van der Waals surface area contributed by atoms with Crippen molar-refractivity contribution in [3.8, 4) is 6.07 Å². The molecule has 19 heavy (non-hydrogen) atoms. The summed E-state index contributed by atoms with van der Waals surface area (Å²) in [5.41, 5.74) is 0.600. The van der Waals surface area contributed by atoms with Crippen LogP contribution in [0.3, 0.4) is 0 Å². The molecule has 0 radical (unpaired) electrons. The molecule has 2 rings (SSSR count). The number of nitriles is 1. The van der Waals surface area contributed by atoms with Gasteiger partial charge < -0.3 is 5.32 Å². The van der Waals surface area contributed by atoms with E-state index in [4.69, 9.17) is 5.14 Å². The van der Waals surface area contributed by atoms with Gasteiger partial charge in [-0.15, -0.1) is 0 Å². The number of nitrogens with one attached hydrogen (secondary N) is 1. The third-order valence-electron chi connectivity index (χ3n) is 3.55. The molecule has 6 heteroatoms. The van der Waals surface area contributed by atoms with Gasteiger partial charge in [0.15, 0.2) is 0 Å². The van der Waals surface area contributed by atoms with E-state index in [0.29, 0.717) is 19.4 Å². The third kappa shape index (κ3) is 3.32. The quantitative estimate of drug-likeness (QED) is 0.819. The molecule has 0 atom stereocenters. The Labute approximate surface area is 113 Å². The Morgan fingerprint density at radius 3 is 2.53 bits per heavy atom. The van der Waals surface area contributed by atoms with Crippen LogP contribution in [0.2, 0.25) is 0 Å². The minimum atomic E-state index is -3.42. The van der Waals surface area contributed by atoms with E-state index < -0.39 is 15.4 Å². The summed E-state index contributed by atoms with van der Waals surface area (Å²) >= 11 is 0. The Bertz CT molecular complexity index is 572. The first-order valence-corrected chi connectivity index (χ1v) is 7.87. The van der Waals surface area contributed by atoms with E-state index >= 15 is 0 Å². The maximum atomic E-state index is 10.8. The van der Waals surface area contributed by atoms with Gasteiger partial charge in [-0.2, -0.15) is 5.26 Å². The first kappa shape index (κ1) is 14.0. The fourth-order valence-electron chi connectivity index (χ4n) is 2.48. The number of sulfonamides is 1. The van der Waals surface area contributed by atoms with Crippen molar-refractivity contribution in [1.29, 1.82) is 5.26 Å². The summed E-state index contributed by atoms with van der Waals surface area (Å²) in [4.78, 5) is 0. The SMILES string of the molecule is N#CC1(c2ccccc2)CC(NCCS(N)(=O)=O)C1. The minimum absolute atomic E-state index is 0.0750. The summed E-state index contributed by atoms with van der Waals surface area (Å²) in [5, 5.41) is 17.4. The highest BCUT2D eigenvalue weighted by molar-refractivity contribution is 7.89. The second-order valence-electron chi connectivity index (χ2n) is 4.99. The van der Waals surface area contributed by atoms with Gasteiger partial charge in [-0.1, -0.05) is 30.3 Å². The van der Waals surface area contributed by atoms with E-state index in [0.717, 1.165) is 5.56 Å². The molecule has 0 saturated heterocycles. The largest absolute Gasteiger partial charge is 0.313 e. The van der Waals surface area contributed by atoms with Crippen LogP contribution >= 0.6 is 0 Å². The molecule has 1 aliphatic rings. The van der Waals surface area contributed by atoms with E-state index in [1.54, 1.807) is 0 Å². The number of benzene rings is 1. The number of hydrogen-bond acceptors (Lipinski definition) is 4. The molecular formula is C13H17N3O2S. The molecule has 0 heterocycles. The highest BCUT2D eigenvalue weighted by atomic mass is 32.2. The third-order valence-corrected chi connectivity index (χ3v) is 4.32. The van der Waals surface area contributed by atoms with Crippen LogP contribution in [-0.2, 0) is 15.4 Å². The zero-order valence-corrected chi connectivity index (χ0v) is 11.4. The summed E-state index contributed by atoms with van der Waals surface area (Å²) < 4.78 is 21.6. The molecule has 1 aromatic rings. The van der Waals surface area contributed by atoms with Gasteiger partial charge in [0.05, 0.1) is 17.2 Å². The Hall–Kier alpha value is -1.42. The second-order valence-corrected chi connectivity index (χ2v) is 6.72. The number of rotatable bonds is 5. The van der Waals surface area contributed by atoms with E-state index in [1.165, 1.54) is 0 Å². The summed E-state index contributed by atoms with van der Waals surface area (Å²) in [6.45, 7) is 0.333. The van der Waals surface area contributed by atoms with Gasteiger partial charge in [0.1, 0.15) is 0 Å². The summed E-state index contributed by atoms with van der Waals surface area (Å²) in [5.74, 6) is -0.0750. The molecule has 0 amide bonds. The van der Waals surface area contributed by atoms with Crippen molar-refractivity contribution in [2.75, 3.05) is 12.3 Å². The standard InChI is InChI=1S/C13H17N3O2S/c14-10-13(11-4-2-1-3-5-11)8-12(9-13)16-6-7-19(15,17)18/h1-5,12,16H,6-9H2,(H2,15,17,18). The maximum absolute atomic E-state index is 10.8. The van der Waals surface area contributed by atoms with Crippen molar-refractivity contribution >= 4 is 10.0 Å². The fraction of sp³-hybridized carbons (Fsp3) is 0.462. The van der Waals surface area contributed by atoms with Gasteiger partial charge in [-0.05, 0) is 18.4 Å². The number of primary sulfonamides is 1. The highest BCUT2D eigenvalue weighted by Crippen LogP contribution is 2.43. The van der Waals surface area contributed by atoms with E-state index in [-0.39, 0.29) is 11.8 Å². The molecule has 1 aromatic carbocycles. The first-order valence-electron chi connectivity index (χ1n) is 6.16. The second kappa shape index (κ2) is 5.29. The number of nitrogens with two attached hydrogens (primary N) is 1. The van der Waals surface area contributed by atoms with Crippen LogP contribution in [0.5, 0.6) is 0 Å². The lowest BCUT2D eigenvalue weighted by Crippen LogP contribution is -2.51. The van der Waals surface area contributed by atoms with Crippen LogP contribution in [0.25, 0.3) is 0 Å². The lowest BCUT2D eigenvalue weighted by atomic mass is 9.62. The van der Waals surface area contributed by atoms with Crippen molar-refractivity contribution in [3.05, 3.63) is 35.9 Å². The molecule has 5 nitrogen and oxygen atoms in total. The first-order chi connectivity index (χ1) is 8.95. The van der Waals surface area contributed by atoms with Gasteiger partial charge in [-0.3, -0.25) is 0 Å². The molecule has 0 bridgehead atoms. The van der Waals surface area contributed by atoms with E-state index in [9.17, 15) is 13.7 Å². The van der Waals surface area contributed by atoms with Gasteiger partial charge >= 0.3 is 0 Å². The Morgan fingerprint density at radius 2 is 2.00 bits per heavy atom. The van der Waals surface area contributed by atoms with Crippen molar-refractivity contribution in [1.82, 2.24) is 5.32 Å². The van der Waals surface area contributed by atoms with Crippen LogP contribution in [-0.4, -0.2) is 26.8 Å². The lowest BCUT2D eigenvalue weighted by molar-refractivity contribution is 0.230. The smallest absolute Gasteiger partial charge is 0.210 e. The maximum Gasteiger partial charge on any atom is 0.210 e. The molecular weight excluding hydrogens is 262 g/mol. The molecule has 1 saturated carbocycles. The minimum Gasteiger partial charge on any atom is -0.313 e. The van der Waals surface area contributed by atoms with Crippen molar-refractivity contribution in [3.63, 3.8) is 0 Å². The van der Waals surface area contributed by atoms with E-state index in [1.807, 2.05) is 30.3 Å². The molecule has 1 aliphatic carbocycles. The molecule has 0 spiro atoms. The summed E-state index contributed by atoms with van der Waals surface area (Å²) in [6.07, 6.45) is 1.41. The average molecular weight is 279 g/mol. The molecule has 0 aromatic heterocycles. The monoisotopic (exact) mass is 279 g/mol. The molecule has 0 aliphatic heterocycles.